The van der Waals surface area contributed by atoms with E-state index in [1.54, 1.807) is 73.3 Å². The highest BCUT2D eigenvalue weighted by Crippen LogP contribution is 2.35. The van der Waals surface area contributed by atoms with E-state index in [4.69, 9.17) is 68.1 Å². The molecule has 0 saturated carbocycles. The van der Waals surface area contributed by atoms with Crippen molar-refractivity contribution in [3.8, 4) is 11.4 Å². The number of rotatable bonds is 8. The van der Waals surface area contributed by atoms with Gasteiger partial charge in [-0.2, -0.15) is 10.2 Å². The number of aromatic nitrogens is 8. The minimum absolute atomic E-state index is 0.230. The smallest absolute Gasteiger partial charge is 0.354 e. The lowest BCUT2D eigenvalue weighted by Crippen LogP contribution is -2.22. The Morgan fingerprint density at radius 3 is 1.50 bits per heavy atom. The quantitative estimate of drug-likeness (QED) is 0.151. The SMILES string of the molecule is S=C(OC(c1cccnc1)c1ncnn1-c1cccc(Cl)c1Cl)OC(c1cccnc1)c1ncnn1-c1cccc(Cl)c1Cl. The van der Waals surface area contributed by atoms with Crippen molar-refractivity contribution in [2.75, 3.05) is 0 Å². The second-order valence-electron chi connectivity index (χ2n) is 9.02. The van der Waals surface area contributed by atoms with Crippen LogP contribution in [0.1, 0.15) is 35.0 Å². The first-order valence-corrected chi connectivity index (χ1v) is 14.7. The molecule has 0 saturated heterocycles. The molecule has 2 unspecified atom stereocenters. The largest absolute Gasteiger partial charge is 0.440 e. The molecule has 15 heteroatoms. The Kier molecular flexibility index (Phi) is 9.01. The predicted octanol–water partition coefficient (Wildman–Crippen LogP) is 7.45. The third-order valence-electron chi connectivity index (χ3n) is 6.34. The zero-order valence-corrected chi connectivity index (χ0v) is 26.0. The molecular weight excluding hydrogens is 666 g/mol. The Balaban J connectivity index is 1.38. The fraction of sp³-hybridized carbons (Fsp3) is 0.0690. The summed E-state index contributed by atoms with van der Waals surface area (Å²) in [6, 6.07) is 17.5. The molecule has 2 aromatic carbocycles. The fourth-order valence-corrected chi connectivity index (χ4v) is 5.31. The molecule has 0 aliphatic carbocycles. The van der Waals surface area contributed by atoms with Crippen LogP contribution in [0.3, 0.4) is 0 Å². The van der Waals surface area contributed by atoms with Crippen LogP contribution >= 0.6 is 58.6 Å². The van der Waals surface area contributed by atoms with Gasteiger partial charge in [0.25, 0.3) is 0 Å². The van der Waals surface area contributed by atoms with Gasteiger partial charge in [-0.05, 0) is 36.4 Å². The summed E-state index contributed by atoms with van der Waals surface area (Å²) >= 11 is 31.3. The number of pyridine rings is 2. The van der Waals surface area contributed by atoms with Crippen LogP contribution in [0, 0.1) is 0 Å². The highest BCUT2D eigenvalue weighted by molar-refractivity contribution is 7.79. The third-order valence-corrected chi connectivity index (χ3v) is 8.15. The topological polar surface area (TPSA) is 106 Å². The van der Waals surface area contributed by atoms with Crippen LogP contribution in [0.5, 0.6) is 0 Å². The van der Waals surface area contributed by atoms with Crippen LogP contribution in [0.2, 0.25) is 20.1 Å². The van der Waals surface area contributed by atoms with Crippen molar-refractivity contribution in [2.24, 2.45) is 0 Å². The molecule has 4 aromatic heterocycles. The summed E-state index contributed by atoms with van der Waals surface area (Å²) in [5.41, 5.74) is 2.24. The molecule has 0 N–H and O–H groups in total. The van der Waals surface area contributed by atoms with Crippen LogP contribution in [-0.4, -0.2) is 44.7 Å². The van der Waals surface area contributed by atoms with Crippen molar-refractivity contribution < 1.29 is 9.47 Å². The van der Waals surface area contributed by atoms with Gasteiger partial charge >= 0.3 is 5.24 Å². The summed E-state index contributed by atoms with van der Waals surface area (Å²) in [5, 5.41) is 9.81. The monoisotopic (exact) mass is 682 g/mol. The van der Waals surface area contributed by atoms with Crippen molar-refractivity contribution >= 4 is 63.9 Å². The van der Waals surface area contributed by atoms with E-state index >= 15 is 0 Å². The third kappa shape index (κ3) is 6.10. The summed E-state index contributed by atoms with van der Waals surface area (Å²) < 4.78 is 15.6. The molecule has 0 fully saturated rings. The minimum Gasteiger partial charge on any atom is -0.440 e. The van der Waals surface area contributed by atoms with Crippen LogP contribution in [-0.2, 0) is 9.47 Å². The van der Waals surface area contributed by atoms with Crippen molar-refractivity contribution in [3.63, 3.8) is 0 Å². The van der Waals surface area contributed by atoms with Crippen LogP contribution in [0.15, 0.2) is 98.1 Å². The standard InChI is InChI=1S/C29H18Cl4N8O2S/c30-19-7-1-9-21(23(19)32)40-27(36-15-38-40)25(17-5-3-11-34-13-17)42-29(44)43-26(18-6-4-12-35-14-18)28-37-16-39-41(28)22-10-2-8-20(31)24(22)33/h1-16,25-26H. The van der Waals surface area contributed by atoms with Crippen LogP contribution in [0.4, 0.5) is 0 Å². The van der Waals surface area contributed by atoms with Gasteiger partial charge in [-0.15, -0.1) is 0 Å². The maximum Gasteiger partial charge on any atom is 0.354 e. The van der Waals surface area contributed by atoms with Gasteiger partial charge < -0.3 is 9.47 Å². The van der Waals surface area contributed by atoms with E-state index in [1.807, 2.05) is 12.1 Å². The van der Waals surface area contributed by atoms with E-state index in [2.05, 4.69) is 30.1 Å². The zero-order valence-electron chi connectivity index (χ0n) is 22.2. The van der Waals surface area contributed by atoms with E-state index in [1.165, 1.54) is 22.0 Å². The number of ether oxygens (including phenoxy) is 2. The first-order chi connectivity index (χ1) is 21.4. The molecule has 44 heavy (non-hydrogen) atoms. The number of nitrogens with zero attached hydrogens (tertiary/aromatic N) is 8. The van der Waals surface area contributed by atoms with E-state index in [9.17, 15) is 0 Å². The van der Waals surface area contributed by atoms with Gasteiger partial charge in [-0.25, -0.2) is 19.3 Å². The average Bonchev–Trinajstić information content (AvgIpc) is 3.73. The molecule has 220 valence electrons. The van der Waals surface area contributed by atoms with Crippen LogP contribution < -0.4 is 0 Å². The molecule has 0 aliphatic rings. The number of halogens is 4. The highest BCUT2D eigenvalue weighted by Gasteiger charge is 2.30. The van der Waals surface area contributed by atoms with E-state index in [-0.39, 0.29) is 5.24 Å². The normalized spacial score (nSPS) is 12.5. The maximum atomic E-state index is 6.53. The molecular formula is C29H18Cl4N8O2S. The Morgan fingerprint density at radius 1 is 0.636 bits per heavy atom. The first kappa shape index (κ1) is 29.9. The maximum absolute atomic E-state index is 6.53. The molecule has 0 aliphatic heterocycles. The lowest BCUT2D eigenvalue weighted by Gasteiger charge is -2.23. The fourth-order valence-electron chi connectivity index (χ4n) is 4.36. The van der Waals surface area contributed by atoms with Gasteiger partial charge in [0.05, 0.1) is 31.5 Å². The van der Waals surface area contributed by atoms with Gasteiger partial charge in [-0.3, -0.25) is 9.97 Å². The molecule has 0 bridgehead atoms. The number of thiocarbonyl (C=S) groups is 1. The Bertz CT molecular complexity index is 1790. The first-order valence-electron chi connectivity index (χ1n) is 12.8. The number of benzene rings is 2. The molecule has 0 spiro atoms. The predicted molar refractivity (Wildman–Crippen MR) is 170 cm³/mol. The minimum atomic E-state index is -0.913. The molecule has 0 amide bonds. The Hall–Kier alpha value is -4.13. The molecule has 6 aromatic rings. The molecule has 6 rings (SSSR count). The summed E-state index contributed by atoms with van der Waals surface area (Å²) in [6.45, 7) is 0. The van der Waals surface area contributed by atoms with Gasteiger partial charge in [0.2, 0.25) is 0 Å². The summed E-state index contributed by atoms with van der Waals surface area (Å²) in [6.07, 6.45) is 7.45. The van der Waals surface area contributed by atoms with Crippen molar-refractivity contribution in [3.05, 3.63) is 141 Å². The molecule has 2 atom stereocenters. The Labute approximate surface area is 276 Å². The second kappa shape index (κ2) is 13.2. The van der Waals surface area contributed by atoms with Gasteiger partial charge in [0.15, 0.2) is 23.9 Å². The number of hydrogen-bond donors (Lipinski definition) is 0. The summed E-state index contributed by atoms with van der Waals surface area (Å²) in [5.74, 6) is 0.694. The van der Waals surface area contributed by atoms with E-state index < -0.39 is 12.2 Å². The van der Waals surface area contributed by atoms with Crippen molar-refractivity contribution in [2.45, 2.75) is 12.2 Å². The van der Waals surface area contributed by atoms with Gasteiger partial charge in [-0.1, -0.05) is 70.7 Å². The van der Waals surface area contributed by atoms with Gasteiger partial charge in [0, 0.05) is 48.1 Å². The van der Waals surface area contributed by atoms with E-state index in [0.717, 1.165) is 0 Å². The van der Waals surface area contributed by atoms with Crippen molar-refractivity contribution in [1.82, 2.24) is 39.5 Å². The summed E-state index contributed by atoms with van der Waals surface area (Å²) in [4.78, 5) is 17.4. The highest BCUT2D eigenvalue weighted by atomic mass is 35.5. The lowest BCUT2D eigenvalue weighted by molar-refractivity contribution is 0.104. The number of hydrogen-bond acceptors (Lipinski definition) is 9. The van der Waals surface area contributed by atoms with Gasteiger partial charge in [0.1, 0.15) is 12.7 Å². The van der Waals surface area contributed by atoms with Crippen LogP contribution in [0.25, 0.3) is 11.4 Å². The van der Waals surface area contributed by atoms with Crippen molar-refractivity contribution in [1.29, 1.82) is 0 Å². The molecule has 4 heterocycles. The average molecular weight is 684 g/mol. The molecule has 0 radical (unpaired) electrons. The second-order valence-corrected chi connectivity index (χ2v) is 10.9. The Morgan fingerprint density at radius 2 is 1.09 bits per heavy atom. The lowest BCUT2D eigenvalue weighted by atomic mass is 10.1. The molecule has 10 nitrogen and oxygen atoms in total. The zero-order chi connectivity index (χ0) is 30.6. The summed E-state index contributed by atoms with van der Waals surface area (Å²) in [7, 11) is 0. The van der Waals surface area contributed by atoms with E-state index in [0.29, 0.717) is 54.2 Å².